The van der Waals surface area contributed by atoms with Crippen molar-refractivity contribution in [3.8, 4) is 22.3 Å². The van der Waals surface area contributed by atoms with Gasteiger partial charge in [-0.1, -0.05) is 188 Å². The Kier molecular flexibility index (Phi) is 9.17. The van der Waals surface area contributed by atoms with E-state index < -0.39 is 0 Å². The summed E-state index contributed by atoms with van der Waals surface area (Å²) in [6.45, 7) is 0. The van der Waals surface area contributed by atoms with Crippen LogP contribution in [0.4, 0.5) is 34.1 Å². The summed E-state index contributed by atoms with van der Waals surface area (Å²) >= 11 is 0. The largest absolute Gasteiger partial charge is 0.454 e. The molecule has 0 unspecified atom stereocenters. The van der Waals surface area contributed by atoms with Gasteiger partial charge in [-0.05, 0) is 105 Å². The normalized spacial score (nSPS) is 11.7. The maximum absolute atomic E-state index is 6.90. The number of para-hydroxylation sites is 4. The summed E-state index contributed by atoms with van der Waals surface area (Å²) in [6.07, 6.45) is 0. The number of rotatable bonds is 8. The van der Waals surface area contributed by atoms with Gasteiger partial charge in [0.25, 0.3) is 0 Å². The minimum absolute atomic E-state index is 0.831. The number of nitrogens with zero attached hydrogens (tertiary/aromatic N) is 2. The summed E-state index contributed by atoms with van der Waals surface area (Å²) in [4.78, 5) is 4.83. The molecule has 14 aromatic rings. The average molecular weight is 895 g/mol. The van der Waals surface area contributed by atoms with E-state index in [1.807, 2.05) is 12.1 Å². The van der Waals surface area contributed by atoms with Crippen LogP contribution in [0.3, 0.4) is 0 Å². The van der Waals surface area contributed by atoms with Crippen molar-refractivity contribution < 1.29 is 8.83 Å². The van der Waals surface area contributed by atoms with E-state index in [0.29, 0.717) is 0 Å². The SMILES string of the molecule is c1ccc(-c2cc3cc(-c4ccccc4)c(N(c4cccc5ccccc45)c4cccc5c4oc4ccccc45)cc3cc2N(c2ccc3ccccc3c2)c2cccc3c2oc2ccccc23)cc1. The van der Waals surface area contributed by atoms with Crippen molar-refractivity contribution in [2.45, 2.75) is 0 Å². The lowest BCUT2D eigenvalue weighted by Crippen LogP contribution is -2.13. The van der Waals surface area contributed by atoms with Crippen molar-refractivity contribution in [3.63, 3.8) is 0 Å². The van der Waals surface area contributed by atoms with E-state index in [0.717, 1.165) is 127 Å². The predicted molar refractivity (Wildman–Crippen MR) is 294 cm³/mol. The maximum Gasteiger partial charge on any atom is 0.159 e. The lowest BCUT2D eigenvalue weighted by molar-refractivity contribution is 0.669. The highest BCUT2D eigenvalue weighted by Crippen LogP contribution is 2.51. The minimum atomic E-state index is 0.831. The van der Waals surface area contributed by atoms with Crippen molar-refractivity contribution in [2.24, 2.45) is 0 Å². The Bertz CT molecular complexity index is 4320. The van der Waals surface area contributed by atoms with Gasteiger partial charge in [-0.25, -0.2) is 0 Å². The van der Waals surface area contributed by atoms with Crippen molar-refractivity contribution in [3.05, 3.63) is 255 Å². The van der Waals surface area contributed by atoms with Gasteiger partial charge in [-0.3, -0.25) is 0 Å². The van der Waals surface area contributed by atoms with E-state index in [1.165, 1.54) is 5.39 Å². The van der Waals surface area contributed by atoms with Crippen LogP contribution >= 0.6 is 0 Å². The molecule has 14 rings (SSSR count). The Morgan fingerprint density at radius 3 is 1.31 bits per heavy atom. The van der Waals surface area contributed by atoms with Gasteiger partial charge in [0.05, 0.1) is 28.4 Å². The molecule has 0 saturated carbocycles. The van der Waals surface area contributed by atoms with Crippen molar-refractivity contribution >= 4 is 110 Å². The molecule has 4 heteroatoms. The van der Waals surface area contributed by atoms with Gasteiger partial charge >= 0.3 is 0 Å². The molecule has 0 spiro atoms. The van der Waals surface area contributed by atoms with E-state index in [4.69, 9.17) is 8.83 Å². The van der Waals surface area contributed by atoms with E-state index in [9.17, 15) is 0 Å². The number of fused-ring (bicyclic) bond motifs is 9. The topological polar surface area (TPSA) is 32.8 Å². The van der Waals surface area contributed by atoms with Gasteiger partial charge in [-0.2, -0.15) is 0 Å². The third-order valence-corrected chi connectivity index (χ3v) is 14.0. The van der Waals surface area contributed by atoms with E-state index >= 15 is 0 Å². The molecule has 2 aromatic heterocycles. The molecule has 0 aliphatic heterocycles. The molecule has 0 saturated heterocycles. The Morgan fingerprint density at radius 1 is 0.243 bits per heavy atom. The Morgan fingerprint density at radius 2 is 0.686 bits per heavy atom. The molecule has 12 aromatic carbocycles. The van der Waals surface area contributed by atoms with Gasteiger partial charge in [0.2, 0.25) is 0 Å². The Labute approximate surface area is 404 Å². The number of benzene rings is 12. The highest BCUT2D eigenvalue weighted by Gasteiger charge is 2.27. The van der Waals surface area contributed by atoms with Crippen LogP contribution in [0, 0.1) is 0 Å². The van der Waals surface area contributed by atoms with Crippen LogP contribution in [0.1, 0.15) is 0 Å². The zero-order valence-corrected chi connectivity index (χ0v) is 38.0. The van der Waals surface area contributed by atoms with Crippen LogP contribution in [0.15, 0.2) is 264 Å². The monoisotopic (exact) mass is 894 g/mol. The second kappa shape index (κ2) is 16.2. The smallest absolute Gasteiger partial charge is 0.159 e. The zero-order chi connectivity index (χ0) is 46.1. The second-order valence-electron chi connectivity index (χ2n) is 18.0. The summed E-state index contributed by atoms with van der Waals surface area (Å²) in [6, 6.07) is 91.4. The van der Waals surface area contributed by atoms with Gasteiger partial charge in [-0.15, -0.1) is 0 Å². The molecule has 328 valence electrons. The molecule has 0 radical (unpaired) electrons. The van der Waals surface area contributed by atoms with Crippen molar-refractivity contribution in [1.29, 1.82) is 0 Å². The summed E-state index contributed by atoms with van der Waals surface area (Å²) in [5.41, 5.74) is 13.8. The number of hydrogen-bond acceptors (Lipinski definition) is 4. The fourth-order valence-electron chi connectivity index (χ4n) is 10.7. The second-order valence-corrected chi connectivity index (χ2v) is 18.0. The van der Waals surface area contributed by atoms with Crippen LogP contribution in [0.2, 0.25) is 0 Å². The molecule has 0 aliphatic rings. The van der Waals surface area contributed by atoms with E-state index in [1.54, 1.807) is 0 Å². The molecule has 4 nitrogen and oxygen atoms in total. The van der Waals surface area contributed by atoms with E-state index in [-0.39, 0.29) is 0 Å². The van der Waals surface area contributed by atoms with Crippen molar-refractivity contribution in [2.75, 3.05) is 9.80 Å². The standard InChI is InChI=1S/C66H42N2O2/c1-3-19-45(20-4-1)56-39-48-40-57(46-21-5-2-6-22-46)62(68(58-31-15-25-44-23-9-10-26-51(44)58)60-33-17-30-55-53-28-12-14-35-64(53)70-66(55)60)42-49(48)41-61(56)67(50-37-36-43-18-7-8-24-47(43)38-50)59-32-16-29-54-52-27-11-13-34-63(52)69-65(54)59/h1-42H. The summed E-state index contributed by atoms with van der Waals surface area (Å²) in [5.74, 6) is 0. The Hall–Kier alpha value is -9.38. The van der Waals surface area contributed by atoms with Crippen LogP contribution in [-0.2, 0) is 0 Å². The summed E-state index contributed by atoms with van der Waals surface area (Å²) < 4.78 is 13.8. The first-order valence-electron chi connectivity index (χ1n) is 23.8. The molecule has 0 bridgehead atoms. The molecule has 2 heterocycles. The predicted octanol–water partition coefficient (Wildman–Crippen LogP) is 19.2. The first-order valence-corrected chi connectivity index (χ1v) is 23.8. The minimum Gasteiger partial charge on any atom is -0.454 e. The van der Waals surface area contributed by atoms with Gasteiger partial charge in [0.1, 0.15) is 11.2 Å². The molecular weight excluding hydrogens is 853 g/mol. The zero-order valence-electron chi connectivity index (χ0n) is 38.0. The third-order valence-electron chi connectivity index (χ3n) is 14.0. The highest BCUT2D eigenvalue weighted by molar-refractivity contribution is 6.15. The molecule has 0 amide bonds. The fraction of sp³-hybridized carbons (Fsp3) is 0. The van der Waals surface area contributed by atoms with Gasteiger partial charge in [0.15, 0.2) is 11.2 Å². The molecular formula is C66H42N2O2. The van der Waals surface area contributed by atoms with Crippen LogP contribution in [0.5, 0.6) is 0 Å². The van der Waals surface area contributed by atoms with Crippen LogP contribution < -0.4 is 9.80 Å². The summed E-state index contributed by atoms with van der Waals surface area (Å²) in [7, 11) is 0. The first kappa shape index (κ1) is 39.8. The maximum atomic E-state index is 6.90. The fourth-order valence-corrected chi connectivity index (χ4v) is 10.7. The van der Waals surface area contributed by atoms with Crippen LogP contribution in [-0.4, -0.2) is 0 Å². The molecule has 0 atom stereocenters. The highest BCUT2D eigenvalue weighted by atomic mass is 16.3. The number of anilines is 6. The van der Waals surface area contributed by atoms with Crippen molar-refractivity contribution in [1.82, 2.24) is 0 Å². The molecule has 0 aliphatic carbocycles. The lowest BCUT2D eigenvalue weighted by Gasteiger charge is -2.31. The van der Waals surface area contributed by atoms with E-state index in [2.05, 4.69) is 252 Å². The number of hydrogen-bond donors (Lipinski definition) is 0. The molecule has 0 fully saturated rings. The summed E-state index contributed by atoms with van der Waals surface area (Å²) in [5, 5.41) is 11.1. The Balaban J connectivity index is 1.11. The third kappa shape index (κ3) is 6.46. The molecule has 0 N–H and O–H groups in total. The molecule has 70 heavy (non-hydrogen) atoms. The number of furan rings is 2. The van der Waals surface area contributed by atoms with Gasteiger partial charge in [0, 0.05) is 43.7 Å². The lowest BCUT2D eigenvalue weighted by atomic mass is 9.93. The quantitative estimate of drug-likeness (QED) is 0.152. The average Bonchev–Trinajstić information content (AvgIpc) is 4.01. The van der Waals surface area contributed by atoms with Crippen LogP contribution in [0.25, 0.3) is 98.4 Å². The first-order chi connectivity index (χ1) is 34.7. The van der Waals surface area contributed by atoms with Gasteiger partial charge < -0.3 is 18.6 Å².